The van der Waals surface area contributed by atoms with Crippen molar-refractivity contribution in [1.82, 2.24) is 0 Å². The summed E-state index contributed by atoms with van der Waals surface area (Å²) in [5.41, 5.74) is 11.9. The van der Waals surface area contributed by atoms with Crippen LogP contribution in [0.25, 0.3) is 98.4 Å². The van der Waals surface area contributed by atoms with Crippen LogP contribution in [0.3, 0.4) is 0 Å². The number of hydrogen-bond acceptors (Lipinski definition) is 2. The number of fused-ring (bicyclic) bond motifs is 10. The van der Waals surface area contributed by atoms with Crippen LogP contribution in [0.2, 0.25) is 0 Å². The van der Waals surface area contributed by atoms with Crippen molar-refractivity contribution in [3.05, 3.63) is 224 Å². The van der Waals surface area contributed by atoms with E-state index in [1.807, 2.05) is 6.07 Å². The van der Waals surface area contributed by atoms with Crippen molar-refractivity contribution in [3.63, 3.8) is 0 Å². The Morgan fingerprint density at radius 3 is 1.60 bits per heavy atom. The highest BCUT2D eigenvalue weighted by molar-refractivity contribution is 6.25. The molecule has 0 unspecified atom stereocenters. The van der Waals surface area contributed by atoms with Gasteiger partial charge in [-0.25, -0.2) is 0 Å². The van der Waals surface area contributed by atoms with Crippen molar-refractivity contribution in [2.75, 3.05) is 4.90 Å². The number of hydrogen-bond donors (Lipinski definition) is 0. The molecule has 0 aliphatic carbocycles. The lowest BCUT2D eigenvalue weighted by Crippen LogP contribution is -2.10. The molecule has 0 saturated carbocycles. The van der Waals surface area contributed by atoms with Gasteiger partial charge in [-0.1, -0.05) is 176 Å². The molecular formula is C58H37NO. The molecule has 0 saturated heterocycles. The van der Waals surface area contributed by atoms with Crippen molar-refractivity contribution in [2.24, 2.45) is 0 Å². The fraction of sp³-hybridized carbons (Fsp3) is 0. The van der Waals surface area contributed by atoms with Crippen LogP contribution < -0.4 is 4.90 Å². The van der Waals surface area contributed by atoms with Gasteiger partial charge in [-0.05, 0) is 125 Å². The number of rotatable bonds is 6. The van der Waals surface area contributed by atoms with Crippen molar-refractivity contribution in [3.8, 4) is 33.4 Å². The predicted octanol–water partition coefficient (Wildman–Crippen LogP) is 16.7. The topological polar surface area (TPSA) is 16.4 Å². The smallest absolute Gasteiger partial charge is 0.159 e. The van der Waals surface area contributed by atoms with E-state index < -0.39 is 0 Å². The minimum absolute atomic E-state index is 0.861. The second-order valence-corrected chi connectivity index (χ2v) is 15.6. The molecule has 12 rings (SSSR count). The lowest BCUT2D eigenvalue weighted by molar-refractivity contribution is 0.669. The zero-order valence-electron chi connectivity index (χ0n) is 32.7. The summed E-state index contributed by atoms with van der Waals surface area (Å²) in [6, 6.07) is 81.2. The Balaban J connectivity index is 0.992. The molecule has 0 spiro atoms. The van der Waals surface area contributed by atoms with E-state index in [9.17, 15) is 0 Å². The molecule has 2 nitrogen and oxygen atoms in total. The highest BCUT2D eigenvalue weighted by atomic mass is 16.3. The molecule has 1 heterocycles. The van der Waals surface area contributed by atoms with Crippen molar-refractivity contribution in [2.45, 2.75) is 0 Å². The third kappa shape index (κ3) is 5.57. The van der Waals surface area contributed by atoms with Gasteiger partial charge in [0.05, 0.1) is 5.69 Å². The average molecular weight is 764 g/mol. The van der Waals surface area contributed by atoms with E-state index in [2.05, 4.69) is 223 Å². The molecular weight excluding hydrogens is 727 g/mol. The minimum Gasteiger partial charge on any atom is -0.454 e. The SMILES string of the molecule is c1cc(-c2cccc(N(c3ccc(-c4ccc5c6ccccc6c6ccccc6c5c4)cc3)c3cccc4c3oc3ccccc34)c2)cc(-c2cccc3ccccc23)c1. The molecule has 0 amide bonds. The summed E-state index contributed by atoms with van der Waals surface area (Å²) in [6.45, 7) is 0. The van der Waals surface area contributed by atoms with E-state index >= 15 is 0 Å². The first kappa shape index (κ1) is 34.1. The standard InChI is InChI=1S/C58H37NO/c1-2-19-46-39(13-1)14-11-25-47(46)43-17-9-15-40(35-43)41-16-10-18-45(36-41)59(56-27-12-26-54-53-24-7-8-28-57(53)60-58(54)56)44-32-29-38(30-33-44)42-31-34-52-50-22-4-3-20-48(50)49-21-5-6-23-51(49)55(52)37-42/h1-37H. The quantitative estimate of drug-likeness (QED) is 0.157. The molecule has 0 N–H and O–H groups in total. The van der Waals surface area contributed by atoms with Crippen LogP contribution in [-0.2, 0) is 0 Å². The van der Waals surface area contributed by atoms with Gasteiger partial charge in [-0.3, -0.25) is 0 Å². The van der Waals surface area contributed by atoms with Gasteiger partial charge in [-0.15, -0.1) is 0 Å². The molecule has 0 bridgehead atoms. The number of nitrogens with zero attached hydrogens (tertiary/aromatic N) is 1. The van der Waals surface area contributed by atoms with E-state index in [4.69, 9.17) is 4.42 Å². The van der Waals surface area contributed by atoms with Crippen LogP contribution in [0.4, 0.5) is 17.1 Å². The molecule has 60 heavy (non-hydrogen) atoms. The van der Waals surface area contributed by atoms with Crippen LogP contribution in [0.15, 0.2) is 229 Å². The summed E-state index contributed by atoms with van der Waals surface area (Å²) in [7, 11) is 0. The van der Waals surface area contributed by atoms with Crippen molar-refractivity contribution in [1.29, 1.82) is 0 Å². The van der Waals surface area contributed by atoms with Crippen molar-refractivity contribution < 1.29 is 4.42 Å². The van der Waals surface area contributed by atoms with Gasteiger partial charge in [0.15, 0.2) is 5.58 Å². The molecule has 12 aromatic rings. The Hall–Kier alpha value is -7.94. The molecule has 0 aliphatic heterocycles. The summed E-state index contributed by atoms with van der Waals surface area (Å²) in [6.07, 6.45) is 0. The van der Waals surface area contributed by atoms with Gasteiger partial charge in [0.2, 0.25) is 0 Å². The molecule has 2 heteroatoms. The summed E-state index contributed by atoms with van der Waals surface area (Å²) >= 11 is 0. The first-order chi connectivity index (χ1) is 29.7. The largest absolute Gasteiger partial charge is 0.454 e. The Morgan fingerprint density at radius 1 is 0.283 bits per heavy atom. The maximum absolute atomic E-state index is 6.68. The predicted molar refractivity (Wildman–Crippen MR) is 255 cm³/mol. The van der Waals surface area contributed by atoms with E-state index in [0.717, 1.165) is 50.1 Å². The molecule has 0 atom stereocenters. The monoisotopic (exact) mass is 763 g/mol. The summed E-state index contributed by atoms with van der Waals surface area (Å²) < 4.78 is 6.68. The zero-order chi connectivity index (χ0) is 39.6. The Labute approximate surface area is 347 Å². The van der Waals surface area contributed by atoms with Crippen LogP contribution in [0.1, 0.15) is 0 Å². The molecule has 11 aromatic carbocycles. The van der Waals surface area contributed by atoms with Gasteiger partial charge in [0.1, 0.15) is 5.58 Å². The van der Waals surface area contributed by atoms with Gasteiger partial charge in [0.25, 0.3) is 0 Å². The van der Waals surface area contributed by atoms with Gasteiger partial charge < -0.3 is 9.32 Å². The summed E-state index contributed by atoms with van der Waals surface area (Å²) in [5, 5.41) is 12.4. The fourth-order valence-corrected chi connectivity index (χ4v) is 9.39. The lowest BCUT2D eigenvalue weighted by Gasteiger charge is -2.26. The van der Waals surface area contributed by atoms with E-state index in [0.29, 0.717) is 0 Å². The van der Waals surface area contributed by atoms with Gasteiger partial charge in [0, 0.05) is 22.1 Å². The van der Waals surface area contributed by atoms with E-state index in [-0.39, 0.29) is 0 Å². The molecule has 0 radical (unpaired) electrons. The first-order valence-corrected chi connectivity index (χ1v) is 20.6. The van der Waals surface area contributed by atoms with Crippen molar-refractivity contribution >= 4 is 82.1 Å². The third-order valence-electron chi connectivity index (χ3n) is 12.2. The number of benzene rings is 11. The maximum Gasteiger partial charge on any atom is 0.159 e. The highest BCUT2D eigenvalue weighted by Gasteiger charge is 2.20. The minimum atomic E-state index is 0.861. The summed E-state index contributed by atoms with van der Waals surface area (Å²) in [4.78, 5) is 2.34. The number of furan rings is 1. The van der Waals surface area contributed by atoms with Crippen LogP contribution >= 0.6 is 0 Å². The highest BCUT2D eigenvalue weighted by Crippen LogP contribution is 2.44. The zero-order valence-corrected chi connectivity index (χ0v) is 32.7. The van der Waals surface area contributed by atoms with Crippen LogP contribution in [0, 0.1) is 0 Å². The van der Waals surface area contributed by atoms with Gasteiger partial charge >= 0.3 is 0 Å². The lowest BCUT2D eigenvalue weighted by atomic mass is 9.92. The number of para-hydroxylation sites is 2. The third-order valence-corrected chi connectivity index (χ3v) is 12.2. The molecule has 1 aromatic heterocycles. The van der Waals surface area contributed by atoms with E-state index in [1.54, 1.807) is 0 Å². The molecule has 280 valence electrons. The Kier molecular flexibility index (Phi) is 7.89. The Morgan fingerprint density at radius 2 is 0.817 bits per heavy atom. The number of anilines is 3. The van der Waals surface area contributed by atoms with Crippen LogP contribution in [0.5, 0.6) is 0 Å². The normalized spacial score (nSPS) is 11.7. The average Bonchev–Trinajstić information content (AvgIpc) is 3.71. The maximum atomic E-state index is 6.68. The molecule has 0 aliphatic rings. The van der Waals surface area contributed by atoms with Crippen LogP contribution in [-0.4, -0.2) is 0 Å². The first-order valence-electron chi connectivity index (χ1n) is 20.6. The van der Waals surface area contributed by atoms with E-state index in [1.165, 1.54) is 65.3 Å². The summed E-state index contributed by atoms with van der Waals surface area (Å²) in [5.74, 6) is 0. The fourth-order valence-electron chi connectivity index (χ4n) is 9.39. The second kappa shape index (κ2) is 13.9. The molecule has 0 fully saturated rings. The second-order valence-electron chi connectivity index (χ2n) is 15.6. The Bertz CT molecular complexity index is 3570. The van der Waals surface area contributed by atoms with Gasteiger partial charge in [-0.2, -0.15) is 0 Å².